The van der Waals surface area contributed by atoms with Crippen molar-refractivity contribution in [3.63, 3.8) is 0 Å². The summed E-state index contributed by atoms with van der Waals surface area (Å²) < 4.78 is 31.0. The number of aliphatic imine (C=N–C) groups is 1. The molecule has 2 atom stereocenters. The number of aromatic nitrogens is 1. The van der Waals surface area contributed by atoms with Crippen molar-refractivity contribution in [2.75, 3.05) is 0 Å². The van der Waals surface area contributed by atoms with Gasteiger partial charge in [0, 0.05) is 18.1 Å². The van der Waals surface area contributed by atoms with Crippen LogP contribution in [0.3, 0.4) is 0 Å². The van der Waals surface area contributed by atoms with E-state index in [4.69, 9.17) is 4.55 Å². The molecular weight excluding hydrogens is 286 g/mol. The molecule has 20 heavy (non-hydrogen) atoms. The number of ketones is 1. The van der Waals surface area contributed by atoms with E-state index in [1.807, 2.05) is 0 Å². The van der Waals surface area contributed by atoms with E-state index >= 15 is 0 Å². The highest BCUT2D eigenvalue weighted by atomic mass is 32.2. The van der Waals surface area contributed by atoms with Crippen LogP contribution in [-0.4, -0.2) is 47.8 Å². The summed E-state index contributed by atoms with van der Waals surface area (Å²) in [6, 6.07) is 2.27. The van der Waals surface area contributed by atoms with Gasteiger partial charge >= 0.3 is 10.1 Å². The van der Waals surface area contributed by atoms with Gasteiger partial charge in [0.2, 0.25) is 11.3 Å². The molecule has 9 heteroatoms. The average Bonchev–Trinajstić information content (AvgIpc) is 2.90. The zero-order chi connectivity index (χ0) is 14.8. The van der Waals surface area contributed by atoms with Gasteiger partial charge in [0.15, 0.2) is 6.29 Å². The van der Waals surface area contributed by atoms with E-state index in [0.717, 1.165) is 6.21 Å². The molecule has 0 fully saturated rings. The van der Waals surface area contributed by atoms with Crippen LogP contribution in [0.5, 0.6) is 0 Å². The Bertz CT molecular complexity index is 675. The normalized spacial score (nSPS) is 24.8. The zero-order valence-corrected chi connectivity index (χ0v) is 10.9. The van der Waals surface area contributed by atoms with Crippen molar-refractivity contribution < 1.29 is 22.6 Å². The highest BCUT2D eigenvalue weighted by Gasteiger charge is 2.33. The fourth-order valence-electron chi connectivity index (χ4n) is 1.72. The topological polar surface area (TPSA) is 129 Å². The third kappa shape index (κ3) is 3.07. The number of H-pyrrole nitrogens is 1. The number of carbonyl (C=O) groups excluding carboxylic acids is 2. The molecule has 2 unspecified atom stereocenters. The Morgan fingerprint density at radius 3 is 2.75 bits per heavy atom. The third-order valence-electron chi connectivity index (χ3n) is 2.63. The third-order valence-corrected chi connectivity index (χ3v) is 3.45. The molecule has 106 valence electrons. The number of hydrogen-bond acceptors (Lipinski definition) is 6. The van der Waals surface area contributed by atoms with Gasteiger partial charge in [-0.05, 0) is 23.8 Å². The molecule has 3 N–H and O–H groups in total. The first-order valence-electron chi connectivity index (χ1n) is 5.51. The summed E-state index contributed by atoms with van der Waals surface area (Å²) in [4.78, 5) is 28.7. The summed E-state index contributed by atoms with van der Waals surface area (Å²) in [6.45, 7) is 0. The number of hydrogen-bond donors (Lipinski definition) is 3. The van der Waals surface area contributed by atoms with Gasteiger partial charge in [-0.1, -0.05) is 0 Å². The Balaban J connectivity index is 2.40. The number of rotatable bonds is 4. The molecule has 1 aromatic rings. The van der Waals surface area contributed by atoms with Gasteiger partial charge in [-0.2, -0.15) is 8.42 Å². The molecule has 0 saturated heterocycles. The minimum absolute atomic E-state index is 0.0838. The van der Waals surface area contributed by atoms with E-state index in [1.165, 1.54) is 0 Å². The Hall–Kier alpha value is -2.10. The molecule has 0 aliphatic carbocycles. The maximum absolute atomic E-state index is 11.6. The van der Waals surface area contributed by atoms with Crippen LogP contribution in [0.25, 0.3) is 6.08 Å². The minimum Gasteiger partial charge on any atom is -0.362 e. The molecule has 1 aromatic heterocycles. The summed E-state index contributed by atoms with van der Waals surface area (Å²) >= 11 is 0. The molecule has 0 amide bonds. The number of nitrogens with one attached hydrogen (secondary N) is 2. The van der Waals surface area contributed by atoms with Crippen molar-refractivity contribution >= 4 is 34.5 Å². The van der Waals surface area contributed by atoms with Gasteiger partial charge in [0.1, 0.15) is 6.04 Å². The van der Waals surface area contributed by atoms with Crippen molar-refractivity contribution in [3.05, 3.63) is 29.6 Å². The predicted octanol–water partition coefficient (Wildman–Crippen LogP) is -0.620. The molecule has 0 saturated carbocycles. The standard InChI is InChI=1S/C11H11N3O5S/c15-6-9(16)10-7(4-8-2-1-3-12-8)5-13-11(14-10)20(17,18)19/h1-6,10-12,14H,(H,17,18,19). The van der Waals surface area contributed by atoms with E-state index < -0.39 is 27.4 Å². The van der Waals surface area contributed by atoms with Crippen molar-refractivity contribution in [1.82, 2.24) is 10.3 Å². The quantitative estimate of drug-likeness (QED) is 0.386. The first-order valence-corrected chi connectivity index (χ1v) is 7.01. The molecule has 1 aliphatic rings. The Morgan fingerprint density at radius 1 is 1.45 bits per heavy atom. The molecule has 0 bridgehead atoms. The van der Waals surface area contributed by atoms with Crippen molar-refractivity contribution in [2.45, 2.75) is 11.5 Å². The number of nitrogens with zero attached hydrogens (tertiary/aromatic N) is 1. The summed E-state index contributed by atoms with van der Waals surface area (Å²) in [5, 5.41) is 2.31. The molecule has 2 heterocycles. The second-order valence-electron chi connectivity index (χ2n) is 4.04. The van der Waals surface area contributed by atoms with Crippen LogP contribution >= 0.6 is 0 Å². The smallest absolute Gasteiger partial charge is 0.302 e. The van der Waals surface area contributed by atoms with Crippen LogP contribution in [0.4, 0.5) is 0 Å². The Morgan fingerprint density at radius 2 is 2.20 bits per heavy atom. The highest BCUT2D eigenvalue weighted by molar-refractivity contribution is 7.86. The summed E-state index contributed by atoms with van der Waals surface area (Å²) in [5.74, 6) is -0.859. The monoisotopic (exact) mass is 297 g/mol. The average molecular weight is 297 g/mol. The molecule has 0 radical (unpaired) electrons. The van der Waals surface area contributed by atoms with Gasteiger partial charge in [0.05, 0.1) is 0 Å². The molecule has 2 rings (SSSR count). The first-order chi connectivity index (χ1) is 9.41. The van der Waals surface area contributed by atoms with E-state index in [1.54, 1.807) is 24.4 Å². The maximum Gasteiger partial charge on any atom is 0.302 e. The van der Waals surface area contributed by atoms with Crippen LogP contribution in [0.2, 0.25) is 0 Å². The maximum atomic E-state index is 11.6. The first kappa shape index (κ1) is 14.3. The van der Waals surface area contributed by atoms with E-state index in [9.17, 15) is 18.0 Å². The molecule has 0 spiro atoms. The van der Waals surface area contributed by atoms with Crippen LogP contribution in [-0.2, 0) is 19.7 Å². The number of aromatic amines is 1. The SMILES string of the molecule is O=CC(=O)C1NC(S(=O)(=O)O)N=CC1=Cc1ccc[nH]1. The lowest BCUT2D eigenvalue weighted by Gasteiger charge is -2.24. The van der Waals surface area contributed by atoms with Crippen LogP contribution in [0.15, 0.2) is 28.9 Å². The van der Waals surface area contributed by atoms with Crippen LogP contribution in [0.1, 0.15) is 5.69 Å². The van der Waals surface area contributed by atoms with Crippen molar-refractivity contribution in [1.29, 1.82) is 0 Å². The van der Waals surface area contributed by atoms with Crippen LogP contribution < -0.4 is 5.32 Å². The van der Waals surface area contributed by atoms with Gasteiger partial charge in [-0.25, -0.2) is 0 Å². The molecular formula is C11H11N3O5S. The second-order valence-corrected chi connectivity index (χ2v) is 5.51. The number of aldehydes is 1. The lowest BCUT2D eigenvalue weighted by atomic mass is 10.0. The number of carbonyl (C=O) groups is 2. The predicted molar refractivity (Wildman–Crippen MR) is 70.6 cm³/mol. The second kappa shape index (κ2) is 5.49. The lowest BCUT2D eigenvalue weighted by molar-refractivity contribution is -0.130. The van der Waals surface area contributed by atoms with Crippen molar-refractivity contribution in [2.24, 2.45) is 4.99 Å². The Labute approximate surface area is 114 Å². The Kier molecular flexibility index (Phi) is 3.93. The molecule has 0 aromatic carbocycles. The highest BCUT2D eigenvalue weighted by Crippen LogP contribution is 2.14. The van der Waals surface area contributed by atoms with Crippen LogP contribution in [0, 0.1) is 0 Å². The largest absolute Gasteiger partial charge is 0.362 e. The molecule has 1 aliphatic heterocycles. The van der Waals surface area contributed by atoms with Gasteiger partial charge in [0.25, 0.3) is 0 Å². The van der Waals surface area contributed by atoms with E-state index in [2.05, 4.69) is 15.3 Å². The fraction of sp³-hybridized carbons (Fsp3) is 0.182. The zero-order valence-electron chi connectivity index (χ0n) is 10.1. The minimum atomic E-state index is -4.50. The molecule has 8 nitrogen and oxygen atoms in total. The summed E-state index contributed by atoms with van der Waals surface area (Å²) in [6.07, 6.45) is 4.43. The summed E-state index contributed by atoms with van der Waals surface area (Å²) in [5.41, 5.74) is -0.705. The van der Waals surface area contributed by atoms with Gasteiger partial charge in [-0.3, -0.25) is 24.5 Å². The van der Waals surface area contributed by atoms with Gasteiger partial charge in [-0.15, -0.1) is 0 Å². The summed E-state index contributed by atoms with van der Waals surface area (Å²) in [7, 11) is -4.50. The van der Waals surface area contributed by atoms with E-state index in [-0.39, 0.29) is 6.29 Å². The lowest BCUT2D eigenvalue weighted by Crippen LogP contribution is -2.50. The van der Waals surface area contributed by atoms with Crippen molar-refractivity contribution in [3.8, 4) is 0 Å². The number of Topliss-reactive ketones (excluding diaryl/α,β-unsaturated/α-hetero) is 1. The van der Waals surface area contributed by atoms with E-state index in [0.29, 0.717) is 11.3 Å². The van der Waals surface area contributed by atoms with Gasteiger partial charge < -0.3 is 4.98 Å². The fourth-order valence-corrected chi connectivity index (χ4v) is 2.24.